The van der Waals surface area contributed by atoms with Crippen LogP contribution in [0.25, 0.3) is 0 Å². The molecule has 0 fully saturated rings. The Balaban J connectivity index is 3.04. The van der Waals surface area contributed by atoms with Crippen molar-refractivity contribution in [3.05, 3.63) is 23.8 Å². The third-order valence-corrected chi connectivity index (χ3v) is 2.24. The number of nitrogens with one attached hydrogen (secondary N) is 1. The molecule has 2 N–H and O–H groups in total. The number of nitrogens with zero attached hydrogens (tertiary/aromatic N) is 2. The lowest BCUT2D eigenvalue weighted by molar-refractivity contribution is -0.139. The van der Waals surface area contributed by atoms with Gasteiger partial charge in [0.1, 0.15) is 23.6 Å². The smallest absolute Gasteiger partial charge is 0.420 e. The number of hydrogen-bond acceptors (Lipinski definition) is 4. The second-order valence-electron chi connectivity index (χ2n) is 3.56. The van der Waals surface area contributed by atoms with E-state index < -0.39 is 35.4 Å². The lowest BCUT2D eigenvalue weighted by Crippen LogP contribution is -2.41. The van der Waals surface area contributed by atoms with E-state index in [1.165, 1.54) is 6.92 Å². The van der Waals surface area contributed by atoms with Gasteiger partial charge in [-0.2, -0.15) is 13.2 Å². The van der Waals surface area contributed by atoms with Crippen LogP contribution in [0.1, 0.15) is 29.4 Å². The maximum atomic E-state index is 12.6. The first kappa shape index (κ1) is 14.9. The molecule has 1 aromatic rings. The number of carboxylic acid groups (broad SMARTS) is 1. The van der Waals surface area contributed by atoms with Gasteiger partial charge in [0.05, 0.1) is 0 Å². The molecule has 1 aromatic heterocycles. The highest BCUT2D eigenvalue weighted by Gasteiger charge is 2.37. The summed E-state index contributed by atoms with van der Waals surface area (Å²) in [6, 6.07) is -1.27. The summed E-state index contributed by atoms with van der Waals surface area (Å²) in [4.78, 5) is 28.8. The molecular weight excluding hydrogens is 267 g/mol. The number of halogens is 3. The molecule has 6 nitrogen and oxygen atoms in total. The first-order valence-electron chi connectivity index (χ1n) is 5.18. The van der Waals surface area contributed by atoms with Crippen LogP contribution in [0.15, 0.2) is 12.5 Å². The number of alkyl halides is 3. The van der Waals surface area contributed by atoms with Gasteiger partial charge in [-0.3, -0.25) is 4.79 Å². The van der Waals surface area contributed by atoms with Crippen molar-refractivity contribution in [3.8, 4) is 0 Å². The monoisotopic (exact) mass is 277 g/mol. The minimum atomic E-state index is -4.79. The third-order valence-electron chi connectivity index (χ3n) is 2.24. The Bertz CT molecular complexity index is 490. The number of aromatic nitrogens is 2. The van der Waals surface area contributed by atoms with Crippen molar-refractivity contribution in [1.82, 2.24) is 15.3 Å². The van der Waals surface area contributed by atoms with Gasteiger partial charge in [0.15, 0.2) is 0 Å². The summed E-state index contributed by atoms with van der Waals surface area (Å²) < 4.78 is 37.8. The van der Waals surface area contributed by atoms with E-state index in [0.717, 1.165) is 6.33 Å². The Hall–Kier alpha value is -2.19. The van der Waals surface area contributed by atoms with E-state index in [2.05, 4.69) is 9.97 Å². The molecule has 0 aliphatic carbocycles. The number of carbonyl (C=O) groups excluding carboxylic acids is 1. The third kappa shape index (κ3) is 3.63. The summed E-state index contributed by atoms with van der Waals surface area (Å²) in [5.74, 6) is -2.54. The largest absolute Gasteiger partial charge is 0.480 e. The minimum Gasteiger partial charge on any atom is -0.480 e. The lowest BCUT2D eigenvalue weighted by atomic mass is 10.2. The summed E-state index contributed by atoms with van der Waals surface area (Å²) in [5.41, 5.74) is -2.21. The average molecular weight is 277 g/mol. The van der Waals surface area contributed by atoms with E-state index >= 15 is 0 Å². The molecule has 1 atom stereocenters. The van der Waals surface area contributed by atoms with Gasteiger partial charge in [0, 0.05) is 6.20 Å². The molecular formula is C10H10F3N3O3. The van der Waals surface area contributed by atoms with Crippen molar-refractivity contribution in [3.63, 3.8) is 0 Å². The van der Waals surface area contributed by atoms with Crippen LogP contribution in [-0.4, -0.2) is 33.0 Å². The van der Waals surface area contributed by atoms with Crippen molar-refractivity contribution >= 4 is 11.9 Å². The van der Waals surface area contributed by atoms with Crippen LogP contribution in [0.5, 0.6) is 0 Å². The standard InChI is InChI=1S/C10H10F3N3O3/c1-2-6(9(18)19)16-8(17)7-5(10(11,12)13)3-14-4-15-7/h3-4,6H,2H2,1H3,(H,16,17)(H,18,19). The van der Waals surface area contributed by atoms with Crippen LogP contribution in [0, 0.1) is 0 Å². The number of amides is 1. The Morgan fingerprint density at radius 3 is 2.58 bits per heavy atom. The summed E-state index contributed by atoms with van der Waals surface area (Å²) in [7, 11) is 0. The lowest BCUT2D eigenvalue weighted by Gasteiger charge is -2.14. The maximum absolute atomic E-state index is 12.6. The number of rotatable bonds is 4. The predicted octanol–water partition coefficient (Wildman–Crippen LogP) is 1.09. The normalized spacial score (nSPS) is 12.8. The number of carbonyl (C=O) groups is 2. The van der Waals surface area contributed by atoms with Crippen molar-refractivity contribution in [1.29, 1.82) is 0 Å². The predicted molar refractivity (Wildman–Crippen MR) is 56.2 cm³/mol. The van der Waals surface area contributed by atoms with Gasteiger partial charge in [-0.1, -0.05) is 6.92 Å². The fourth-order valence-corrected chi connectivity index (χ4v) is 1.28. The summed E-state index contributed by atoms with van der Waals surface area (Å²) in [6.07, 6.45) is -3.51. The van der Waals surface area contributed by atoms with Crippen molar-refractivity contribution in [2.24, 2.45) is 0 Å². The quantitative estimate of drug-likeness (QED) is 0.859. The molecule has 0 saturated heterocycles. The Kier molecular flexibility index (Phi) is 4.41. The Morgan fingerprint density at radius 2 is 2.11 bits per heavy atom. The summed E-state index contributed by atoms with van der Waals surface area (Å²) >= 11 is 0. The van der Waals surface area contributed by atoms with Crippen LogP contribution >= 0.6 is 0 Å². The molecule has 1 rings (SSSR count). The molecule has 0 spiro atoms. The van der Waals surface area contributed by atoms with E-state index in [4.69, 9.17) is 5.11 Å². The van der Waals surface area contributed by atoms with E-state index in [1.807, 2.05) is 5.32 Å². The minimum absolute atomic E-state index is 0.0352. The highest BCUT2D eigenvalue weighted by Crippen LogP contribution is 2.30. The van der Waals surface area contributed by atoms with Crippen molar-refractivity contribution in [2.75, 3.05) is 0 Å². The molecule has 0 aliphatic rings. The van der Waals surface area contributed by atoms with E-state index in [1.54, 1.807) is 0 Å². The van der Waals surface area contributed by atoms with Crippen LogP contribution in [-0.2, 0) is 11.0 Å². The fourth-order valence-electron chi connectivity index (χ4n) is 1.28. The highest BCUT2D eigenvalue weighted by molar-refractivity contribution is 5.96. The van der Waals surface area contributed by atoms with E-state index in [9.17, 15) is 22.8 Å². The van der Waals surface area contributed by atoms with Gasteiger partial charge >= 0.3 is 12.1 Å². The highest BCUT2D eigenvalue weighted by atomic mass is 19.4. The molecule has 0 aliphatic heterocycles. The second kappa shape index (κ2) is 5.63. The molecule has 0 saturated carbocycles. The average Bonchev–Trinajstić information content (AvgIpc) is 2.34. The van der Waals surface area contributed by atoms with Crippen LogP contribution in [0.2, 0.25) is 0 Å². The molecule has 1 amide bonds. The van der Waals surface area contributed by atoms with Gasteiger partial charge in [-0.15, -0.1) is 0 Å². The molecule has 0 radical (unpaired) electrons. The summed E-state index contributed by atoms with van der Waals surface area (Å²) in [6.45, 7) is 1.48. The van der Waals surface area contributed by atoms with E-state index in [0.29, 0.717) is 6.20 Å². The molecule has 0 bridgehead atoms. The van der Waals surface area contributed by atoms with Crippen molar-refractivity contribution in [2.45, 2.75) is 25.6 Å². The number of hydrogen-bond donors (Lipinski definition) is 2. The topological polar surface area (TPSA) is 92.2 Å². The van der Waals surface area contributed by atoms with Gasteiger partial charge in [0.25, 0.3) is 5.91 Å². The van der Waals surface area contributed by atoms with Crippen LogP contribution in [0.3, 0.4) is 0 Å². The molecule has 1 unspecified atom stereocenters. The summed E-state index contributed by atoms with van der Waals surface area (Å²) in [5, 5.41) is 10.7. The molecule has 19 heavy (non-hydrogen) atoms. The van der Waals surface area contributed by atoms with Gasteiger partial charge < -0.3 is 10.4 Å². The first-order chi connectivity index (χ1) is 8.77. The Morgan fingerprint density at radius 1 is 1.47 bits per heavy atom. The second-order valence-corrected chi connectivity index (χ2v) is 3.56. The van der Waals surface area contributed by atoms with Crippen LogP contribution < -0.4 is 5.32 Å². The first-order valence-corrected chi connectivity index (χ1v) is 5.18. The zero-order valence-corrected chi connectivity index (χ0v) is 9.73. The maximum Gasteiger partial charge on any atom is 0.420 e. The van der Waals surface area contributed by atoms with Gasteiger partial charge in [-0.05, 0) is 6.42 Å². The SMILES string of the molecule is CCC(NC(=O)c1ncncc1C(F)(F)F)C(=O)O. The number of aliphatic carboxylic acids is 1. The fraction of sp³-hybridized carbons (Fsp3) is 0.400. The molecule has 9 heteroatoms. The zero-order valence-electron chi connectivity index (χ0n) is 9.73. The zero-order chi connectivity index (χ0) is 14.6. The van der Waals surface area contributed by atoms with Gasteiger partial charge in [0.2, 0.25) is 0 Å². The van der Waals surface area contributed by atoms with Crippen molar-refractivity contribution < 1.29 is 27.9 Å². The number of carboxylic acids is 1. The van der Waals surface area contributed by atoms with Gasteiger partial charge in [-0.25, -0.2) is 14.8 Å². The van der Waals surface area contributed by atoms with E-state index in [-0.39, 0.29) is 6.42 Å². The Labute approximate surface area is 105 Å². The molecule has 1 heterocycles. The van der Waals surface area contributed by atoms with Crippen LogP contribution in [0.4, 0.5) is 13.2 Å². The molecule has 104 valence electrons. The molecule has 0 aromatic carbocycles.